The number of aryl methyl sites for hydroxylation is 1. The number of aliphatic hydroxyl groups is 1. The van der Waals surface area contributed by atoms with Crippen LogP contribution in [0, 0.1) is 6.92 Å². The van der Waals surface area contributed by atoms with Gasteiger partial charge in [0, 0.05) is 19.6 Å². The molecular weight excluding hydrogens is 234 g/mol. The molecule has 102 valence electrons. The molecule has 7 nitrogen and oxygen atoms in total. The number of rotatable bonds is 4. The summed E-state index contributed by atoms with van der Waals surface area (Å²) in [5.74, 6) is 0.720. The van der Waals surface area contributed by atoms with Gasteiger partial charge in [-0.25, -0.2) is 4.68 Å². The number of tetrazole rings is 1. The van der Waals surface area contributed by atoms with Gasteiger partial charge in [-0.15, -0.1) is 5.10 Å². The molecule has 1 aromatic heterocycles. The number of aromatic nitrogens is 4. The van der Waals surface area contributed by atoms with E-state index in [1.807, 2.05) is 6.92 Å². The van der Waals surface area contributed by atoms with Crippen LogP contribution in [0.2, 0.25) is 0 Å². The van der Waals surface area contributed by atoms with Gasteiger partial charge in [-0.1, -0.05) is 0 Å². The van der Waals surface area contributed by atoms with Crippen LogP contribution in [0.3, 0.4) is 0 Å². The molecule has 1 aliphatic rings. The molecule has 1 aliphatic heterocycles. The lowest BCUT2D eigenvalue weighted by Gasteiger charge is -2.36. The number of β-amino-alcohol motifs (C(OH)–C–C–N with tert-alkyl or cyclic N) is 1. The summed E-state index contributed by atoms with van der Waals surface area (Å²) < 4.78 is 7.29. The first-order valence-corrected chi connectivity index (χ1v) is 6.33. The molecule has 0 radical (unpaired) electrons. The van der Waals surface area contributed by atoms with Gasteiger partial charge in [0.1, 0.15) is 5.82 Å². The molecule has 1 fully saturated rings. The Bertz CT molecular complexity index is 373. The van der Waals surface area contributed by atoms with Crippen LogP contribution in [0.5, 0.6) is 0 Å². The van der Waals surface area contributed by atoms with Crippen LogP contribution in [-0.2, 0) is 11.3 Å². The highest BCUT2D eigenvalue weighted by Crippen LogP contribution is 2.11. The summed E-state index contributed by atoms with van der Waals surface area (Å²) >= 11 is 0. The Balaban J connectivity index is 1.83. The monoisotopic (exact) mass is 255 g/mol. The lowest BCUT2D eigenvalue weighted by molar-refractivity contribution is -0.0774. The Morgan fingerprint density at radius 1 is 1.33 bits per heavy atom. The van der Waals surface area contributed by atoms with Crippen molar-refractivity contribution in [3.63, 3.8) is 0 Å². The summed E-state index contributed by atoms with van der Waals surface area (Å²) in [5, 5.41) is 21.3. The molecule has 0 amide bonds. The van der Waals surface area contributed by atoms with E-state index < -0.39 is 6.10 Å². The standard InChI is InChI=1S/C11H21N5O2/c1-8-4-15(5-9(2)18-8)6-11(17)7-16-10(3)12-13-14-16/h8-9,11,17H,4-7H2,1-3H3/t8-,9+,11-/m1/s1. The second-order valence-electron chi connectivity index (χ2n) is 5.04. The topological polar surface area (TPSA) is 76.3 Å². The molecule has 0 aliphatic carbocycles. The third-order valence-corrected chi connectivity index (χ3v) is 3.06. The fourth-order valence-electron chi connectivity index (χ4n) is 2.41. The van der Waals surface area contributed by atoms with Gasteiger partial charge >= 0.3 is 0 Å². The van der Waals surface area contributed by atoms with E-state index in [4.69, 9.17) is 4.74 Å². The Labute approximate surface area is 107 Å². The lowest BCUT2D eigenvalue weighted by atomic mass is 10.2. The van der Waals surface area contributed by atoms with E-state index in [1.165, 1.54) is 0 Å². The third-order valence-electron chi connectivity index (χ3n) is 3.06. The van der Waals surface area contributed by atoms with E-state index in [9.17, 15) is 5.11 Å². The molecular formula is C11H21N5O2. The van der Waals surface area contributed by atoms with Crippen LogP contribution >= 0.6 is 0 Å². The Morgan fingerprint density at radius 3 is 2.56 bits per heavy atom. The van der Waals surface area contributed by atoms with Crippen LogP contribution in [0.25, 0.3) is 0 Å². The Kier molecular flexibility index (Phi) is 4.26. The number of ether oxygens (including phenoxy) is 1. The maximum Gasteiger partial charge on any atom is 0.148 e. The van der Waals surface area contributed by atoms with Crippen LogP contribution in [0.1, 0.15) is 19.7 Å². The van der Waals surface area contributed by atoms with Crippen molar-refractivity contribution in [2.75, 3.05) is 19.6 Å². The van der Waals surface area contributed by atoms with Gasteiger partial charge < -0.3 is 9.84 Å². The second-order valence-corrected chi connectivity index (χ2v) is 5.04. The van der Waals surface area contributed by atoms with Gasteiger partial charge in [0.25, 0.3) is 0 Å². The van der Waals surface area contributed by atoms with Crippen LogP contribution < -0.4 is 0 Å². The molecule has 18 heavy (non-hydrogen) atoms. The van der Waals surface area contributed by atoms with Gasteiger partial charge in [0.15, 0.2) is 0 Å². The van der Waals surface area contributed by atoms with Crippen molar-refractivity contribution < 1.29 is 9.84 Å². The molecule has 0 saturated carbocycles. The lowest BCUT2D eigenvalue weighted by Crippen LogP contribution is -2.48. The van der Waals surface area contributed by atoms with Crippen molar-refractivity contribution in [3.05, 3.63) is 5.82 Å². The molecule has 0 unspecified atom stereocenters. The Morgan fingerprint density at radius 2 is 2.00 bits per heavy atom. The molecule has 3 atom stereocenters. The van der Waals surface area contributed by atoms with E-state index >= 15 is 0 Å². The first-order valence-electron chi connectivity index (χ1n) is 6.33. The molecule has 2 rings (SSSR count). The predicted octanol–water partition coefficient (Wildman–Crippen LogP) is -0.548. The van der Waals surface area contributed by atoms with Crippen molar-refractivity contribution in [2.45, 2.75) is 45.6 Å². The molecule has 2 heterocycles. The highest BCUT2D eigenvalue weighted by Gasteiger charge is 2.24. The van der Waals surface area contributed by atoms with Gasteiger partial charge in [0.05, 0.1) is 24.9 Å². The minimum atomic E-state index is -0.468. The highest BCUT2D eigenvalue weighted by molar-refractivity contribution is 4.78. The zero-order valence-corrected chi connectivity index (χ0v) is 11.2. The number of aliphatic hydroxyl groups excluding tert-OH is 1. The van der Waals surface area contributed by atoms with Crippen molar-refractivity contribution in [1.82, 2.24) is 25.1 Å². The van der Waals surface area contributed by atoms with Crippen molar-refractivity contribution in [1.29, 1.82) is 0 Å². The summed E-state index contributed by atoms with van der Waals surface area (Å²) in [7, 11) is 0. The number of hydrogen-bond acceptors (Lipinski definition) is 6. The second kappa shape index (κ2) is 5.73. The quantitative estimate of drug-likeness (QED) is 0.778. The maximum atomic E-state index is 10.1. The van der Waals surface area contributed by atoms with Gasteiger partial charge in [-0.05, 0) is 31.2 Å². The molecule has 0 aromatic carbocycles. The first-order chi connectivity index (χ1) is 8.54. The molecule has 1 saturated heterocycles. The highest BCUT2D eigenvalue weighted by atomic mass is 16.5. The predicted molar refractivity (Wildman–Crippen MR) is 65.0 cm³/mol. The van der Waals surface area contributed by atoms with E-state index in [0.29, 0.717) is 13.1 Å². The number of hydrogen-bond donors (Lipinski definition) is 1. The summed E-state index contributed by atoms with van der Waals surface area (Å²) in [6.07, 6.45) is -0.0313. The summed E-state index contributed by atoms with van der Waals surface area (Å²) in [6.45, 7) is 8.70. The van der Waals surface area contributed by atoms with Crippen molar-refractivity contribution in [3.8, 4) is 0 Å². The average molecular weight is 255 g/mol. The fraction of sp³-hybridized carbons (Fsp3) is 0.909. The summed E-state index contributed by atoms with van der Waals surface area (Å²) in [5.41, 5.74) is 0. The van der Waals surface area contributed by atoms with E-state index in [0.717, 1.165) is 18.9 Å². The molecule has 1 aromatic rings. The van der Waals surface area contributed by atoms with Crippen molar-refractivity contribution in [2.24, 2.45) is 0 Å². The van der Waals surface area contributed by atoms with E-state index in [1.54, 1.807) is 4.68 Å². The average Bonchev–Trinajstić information content (AvgIpc) is 2.62. The van der Waals surface area contributed by atoms with E-state index in [-0.39, 0.29) is 12.2 Å². The number of morpholine rings is 1. The van der Waals surface area contributed by atoms with Crippen LogP contribution in [0.4, 0.5) is 0 Å². The molecule has 0 bridgehead atoms. The molecule has 7 heteroatoms. The Hall–Kier alpha value is -1.05. The van der Waals surface area contributed by atoms with Crippen LogP contribution in [-0.4, -0.2) is 68.2 Å². The van der Waals surface area contributed by atoms with Gasteiger partial charge in [0.2, 0.25) is 0 Å². The summed E-state index contributed by atoms with van der Waals surface area (Å²) in [4.78, 5) is 2.23. The molecule has 1 N–H and O–H groups in total. The zero-order valence-electron chi connectivity index (χ0n) is 11.2. The first kappa shape index (κ1) is 13.4. The van der Waals surface area contributed by atoms with Crippen molar-refractivity contribution >= 4 is 0 Å². The smallest absolute Gasteiger partial charge is 0.148 e. The third kappa shape index (κ3) is 3.47. The fourth-order valence-corrected chi connectivity index (χ4v) is 2.41. The molecule has 0 spiro atoms. The minimum absolute atomic E-state index is 0.218. The maximum absolute atomic E-state index is 10.1. The normalized spacial score (nSPS) is 27.3. The number of nitrogens with zero attached hydrogens (tertiary/aromatic N) is 5. The van der Waals surface area contributed by atoms with Gasteiger partial charge in [-0.2, -0.15) is 0 Å². The van der Waals surface area contributed by atoms with E-state index in [2.05, 4.69) is 34.3 Å². The zero-order chi connectivity index (χ0) is 13.1. The van der Waals surface area contributed by atoms with Gasteiger partial charge in [-0.3, -0.25) is 4.90 Å². The summed E-state index contributed by atoms with van der Waals surface area (Å²) in [6, 6.07) is 0. The minimum Gasteiger partial charge on any atom is -0.390 e. The SMILES string of the molecule is Cc1nnnn1C[C@H](O)CN1C[C@@H](C)O[C@@H](C)C1. The largest absolute Gasteiger partial charge is 0.390 e. The van der Waals surface area contributed by atoms with Crippen LogP contribution in [0.15, 0.2) is 0 Å².